The average Bonchev–Trinajstić information content (AvgIpc) is 2.52. The van der Waals surface area contributed by atoms with Crippen molar-refractivity contribution >= 4 is 18.3 Å². The molecule has 0 aromatic heterocycles. The van der Waals surface area contributed by atoms with Crippen molar-refractivity contribution in [2.45, 2.75) is 19.3 Å². The van der Waals surface area contributed by atoms with Gasteiger partial charge in [-0.15, -0.1) is 12.4 Å². The molecule has 0 bridgehead atoms. The van der Waals surface area contributed by atoms with Crippen LogP contribution in [0.2, 0.25) is 0 Å². The number of rotatable bonds is 7. The van der Waals surface area contributed by atoms with E-state index in [0.717, 1.165) is 31.7 Å². The van der Waals surface area contributed by atoms with Gasteiger partial charge in [0.25, 0.3) is 0 Å². The Kier molecular flexibility index (Phi) is 8.55. The van der Waals surface area contributed by atoms with Gasteiger partial charge in [0.05, 0.1) is 6.61 Å². The molecule has 0 saturated carbocycles. The standard InChI is InChI=1S/C16H22N2O2.ClH/c19-16(18-13-14-8-10-17-11-9-14)7-4-12-20-15-5-2-1-3-6-15;/h1-3,5-6,8,17H,4,7,9-13H2,(H,18,19);1H. The lowest BCUT2D eigenvalue weighted by Gasteiger charge is -2.14. The fraction of sp³-hybridized carbons (Fsp3) is 0.438. The van der Waals surface area contributed by atoms with Crippen LogP contribution in [-0.4, -0.2) is 32.1 Å². The van der Waals surface area contributed by atoms with Crippen LogP contribution in [0.3, 0.4) is 0 Å². The maximum absolute atomic E-state index is 11.7. The van der Waals surface area contributed by atoms with Crippen molar-refractivity contribution in [3.05, 3.63) is 42.0 Å². The van der Waals surface area contributed by atoms with Crippen molar-refractivity contribution in [1.82, 2.24) is 10.6 Å². The van der Waals surface area contributed by atoms with Crippen molar-refractivity contribution in [3.8, 4) is 5.75 Å². The first-order chi connectivity index (χ1) is 9.84. The lowest BCUT2D eigenvalue weighted by molar-refractivity contribution is -0.121. The molecule has 1 aliphatic rings. The second-order valence-electron chi connectivity index (χ2n) is 4.86. The van der Waals surface area contributed by atoms with Gasteiger partial charge in [0.2, 0.25) is 5.91 Å². The molecule has 0 aliphatic carbocycles. The van der Waals surface area contributed by atoms with E-state index in [4.69, 9.17) is 4.74 Å². The van der Waals surface area contributed by atoms with E-state index in [-0.39, 0.29) is 18.3 Å². The number of carbonyl (C=O) groups excluding carboxylic acids is 1. The van der Waals surface area contributed by atoms with Gasteiger partial charge in [-0.05, 0) is 31.5 Å². The van der Waals surface area contributed by atoms with Gasteiger partial charge in [-0.2, -0.15) is 0 Å². The van der Waals surface area contributed by atoms with E-state index in [2.05, 4.69) is 16.7 Å². The number of benzene rings is 1. The molecule has 4 nitrogen and oxygen atoms in total. The van der Waals surface area contributed by atoms with Crippen molar-refractivity contribution in [2.75, 3.05) is 26.2 Å². The number of halogens is 1. The molecule has 1 aromatic rings. The van der Waals surface area contributed by atoms with E-state index in [0.29, 0.717) is 19.6 Å². The molecule has 1 heterocycles. The first kappa shape index (κ1) is 17.5. The number of hydrogen-bond donors (Lipinski definition) is 2. The SMILES string of the molecule is Cl.O=C(CCCOc1ccccc1)NCC1=CCNCC1. The molecule has 0 atom stereocenters. The third-order valence-corrected chi connectivity index (χ3v) is 3.23. The maximum atomic E-state index is 11.7. The fourth-order valence-electron chi connectivity index (χ4n) is 2.07. The number of carbonyl (C=O) groups is 1. The van der Waals surface area contributed by atoms with Gasteiger partial charge in [-0.3, -0.25) is 4.79 Å². The van der Waals surface area contributed by atoms with Gasteiger partial charge in [-0.1, -0.05) is 29.8 Å². The quantitative estimate of drug-likeness (QED) is 0.600. The molecule has 0 spiro atoms. The van der Waals surface area contributed by atoms with Crippen LogP contribution in [0.15, 0.2) is 42.0 Å². The molecule has 5 heteroatoms. The fourth-order valence-corrected chi connectivity index (χ4v) is 2.07. The van der Waals surface area contributed by atoms with Crippen LogP contribution in [-0.2, 0) is 4.79 Å². The molecule has 0 saturated heterocycles. The molecule has 0 unspecified atom stereocenters. The van der Waals surface area contributed by atoms with Crippen molar-refractivity contribution in [2.24, 2.45) is 0 Å². The van der Waals surface area contributed by atoms with Crippen LogP contribution in [0.25, 0.3) is 0 Å². The Bertz CT molecular complexity index is 449. The van der Waals surface area contributed by atoms with E-state index in [1.54, 1.807) is 0 Å². The third-order valence-electron chi connectivity index (χ3n) is 3.23. The van der Waals surface area contributed by atoms with Crippen molar-refractivity contribution < 1.29 is 9.53 Å². The molecular formula is C16H23ClN2O2. The zero-order chi connectivity index (χ0) is 14.0. The average molecular weight is 311 g/mol. The predicted molar refractivity (Wildman–Crippen MR) is 87.0 cm³/mol. The van der Waals surface area contributed by atoms with Crippen LogP contribution in [0, 0.1) is 0 Å². The van der Waals surface area contributed by atoms with Gasteiger partial charge >= 0.3 is 0 Å². The van der Waals surface area contributed by atoms with Gasteiger partial charge in [-0.25, -0.2) is 0 Å². The minimum atomic E-state index is 0. The summed E-state index contributed by atoms with van der Waals surface area (Å²) < 4.78 is 5.55. The van der Waals surface area contributed by atoms with E-state index in [1.165, 1.54) is 5.57 Å². The van der Waals surface area contributed by atoms with Crippen LogP contribution in [0.4, 0.5) is 0 Å². The first-order valence-corrected chi connectivity index (χ1v) is 7.18. The third kappa shape index (κ3) is 7.16. The smallest absolute Gasteiger partial charge is 0.220 e. The molecule has 0 fully saturated rings. The minimum absolute atomic E-state index is 0. The Balaban J connectivity index is 0.00000220. The zero-order valence-electron chi connectivity index (χ0n) is 12.1. The summed E-state index contributed by atoms with van der Waals surface area (Å²) in [6, 6.07) is 9.67. The highest BCUT2D eigenvalue weighted by Gasteiger charge is 2.05. The largest absolute Gasteiger partial charge is 0.494 e. The van der Waals surface area contributed by atoms with E-state index in [9.17, 15) is 4.79 Å². The summed E-state index contributed by atoms with van der Waals surface area (Å²) in [5, 5.41) is 6.21. The topological polar surface area (TPSA) is 50.4 Å². The lowest BCUT2D eigenvalue weighted by atomic mass is 10.1. The molecule has 2 rings (SSSR count). The van der Waals surface area contributed by atoms with Gasteiger partial charge in [0.15, 0.2) is 0 Å². The second-order valence-corrected chi connectivity index (χ2v) is 4.86. The van der Waals surface area contributed by atoms with E-state index in [1.807, 2.05) is 30.3 Å². The summed E-state index contributed by atoms with van der Waals surface area (Å²) in [5.74, 6) is 0.953. The van der Waals surface area contributed by atoms with E-state index < -0.39 is 0 Å². The highest BCUT2D eigenvalue weighted by atomic mass is 35.5. The summed E-state index contributed by atoms with van der Waals surface area (Å²) in [4.78, 5) is 11.7. The van der Waals surface area contributed by atoms with Gasteiger partial charge < -0.3 is 15.4 Å². The molecule has 0 radical (unpaired) electrons. The number of para-hydroxylation sites is 1. The Labute approximate surface area is 132 Å². The predicted octanol–water partition coefficient (Wildman–Crippen LogP) is 2.30. The van der Waals surface area contributed by atoms with Crippen LogP contribution >= 0.6 is 12.4 Å². The molecule has 1 aliphatic heterocycles. The molecule has 2 N–H and O–H groups in total. The summed E-state index contributed by atoms with van der Waals surface area (Å²) in [6.07, 6.45) is 4.43. The Morgan fingerprint density at radius 2 is 2.10 bits per heavy atom. The van der Waals surface area contributed by atoms with Crippen molar-refractivity contribution in [3.63, 3.8) is 0 Å². The van der Waals surface area contributed by atoms with Crippen LogP contribution in [0.5, 0.6) is 5.75 Å². The first-order valence-electron chi connectivity index (χ1n) is 7.18. The number of hydrogen-bond acceptors (Lipinski definition) is 3. The molecular weight excluding hydrogens is 288 g/mol. The molecule has 1 amide bonds. The summed E-state index contributed by atoms with van der Waals surface area (Å²) in [7, 11) is 0. The zero-order valence-corrected chi connectivity index (χ0v) is 13.0. The normalized spacial score (nSPS) is 13.8. The Morgan fingerprint density at radius 3 is 2.81 bits per heavy atom. The highest BCUT2D eigenvalue weighted by Crippen LogP contribution is 2.08. The maximum Gasteiger partial charge on any atom is 0.220 e. The highest BCUT2D eigenvalue weighted by molar-refractivity contribution is 5.85. The number of amides is 1. The molecule has 21 heavy (non-hydrogen) atoms. The molecule has 1 aromatic carbocycles. The molecule has 116 valence electrons. The Morgan fingerprint density at radius 1 is 1.29 bits per heavy atom. The summed E-state index contributed by atoms with van der Waals surface area (Å²) >= 11 is 0. The summed E-state index contributed by atoms with van der Waals surface area (Å²) in [5.41, 5.74) is 1.32. The summed E-state index contributed by atoms with van der Waals surface area (Å²) in [6.45, 7) is 3.17. The van der Waals surface area contributed by atoms with Crippen LogP contribution in [0.1, 0.15) is 19.3 Å². The Hall–Kier alpha value is -1.52. The number of nitrogens with one attached hydrogen (secondary N) is 2. The van der Waals surface area contributed by atoms with E-state index >= 15 is 0 Å². The van der Waals surface area contributed by atoms with Gasteiger partial charge in [0.1, 0.15) is 5.75 Å². The lowest BCUT2D eigenvalue weighted by Crippen LogP contribution is -2.29. The van der Waals surface area contributed by atoms with Crippen LogP contribution < -0.4 is 15.4 Å². The minimum Gasteiger partial charge on any atom is -0.494 e. The van der Waals surface area contributed by atoms with Gasteiger partial charge in [0, 0.05) is 19.5 Å². The number of ether oxygens (including phenoxy) is 1. The van der Waals surface area contributed by atoms with Crippen molar-refractivity contribution in [1.29, 1.82) is 0 Å². The monoisotopic (exact) mass is 310 g/mol. The second kappa shape index (κ2) is 10.2.